The predicted octanol–water partition coefficient (Wildman–Crippen LogP) is 4.29. The number of morpholine rings is 1. The van der Waals surface area contributed by atoms with Gasteiger partial charge in [-0.3, -0.25) is 19.3 Å². The monoisotopic (exact) mass is 838 g/mol. The van der Waals surface area contributed by atoms with E-state index in [2.05, 4.69) is 34.4 Å². The van der Waals surface area contributed by atoms with Gasteiger partial charge in [-0.1, -0.05) is 105 Å². The third kappa shape index (κ3) is 7.49. The number of phenols is 1. The van der Waals surface area contributed by atoms with E-state index < -0.39 is 83.3 Å². The van der Waals surface area contributed by atoms with Crippen LogP contribution in [0.5, 0.6) is 5.75 Å². The average molecular weight is 839 g/mol. The molecule has 15 heteroatoms. The number of hydrogen-bond donors (Lipinski definition) is 5. The summed E-state index contributed by atoms with van der Waals surface area (Å²) in [5.74, 6) is 0.560. The highest BCUT2D eigenvalue weighted by Crippen LogP contribution is 2.66. The van der Waals surface area contributed by atoms with Gasteiger partial charge >= 0.3 is 24.0 Å². The zero-order valence-electron chi connectivity index (χ0n) is 34.2. The molecule has 0 aromatic heterocycles. The summed E-state index contributed by atoms with van der Waals surface area (Å²) >= 11 is 0. The average Bonchev–Trinajstić information content (AvgIpc) is 3.72. The number of nitrogens with zero attached hydrogens (tertiary/aromatic N) is 2. The molecule has 1 spiro atoms. The Bertz CT molecular complexity index is 2470. The molecule has 6 amide bonds. The van der Waals surface area contributed by atoms with Crippen molar-refractivity contribution >= 4 is 41.5 Å². The van der Waals surface area contributed by atoms with Crippen molar-refractivity contribution in [2.45, 2.75) is 49.5 Å². The molecule has 7 rings (SSSR count). The maximum atomic E-state index is 16.2. The number of methoxy groups -OCH3 is 1. The molecule has 3 aliphatic heterocycles. The maximum Gasteiger partial charge on any atom is 0.329 e. The summed E-state index contributed by atoms with van der Waals surface area (Å²) in [6.07, 6.45) is 0.509. The van der Waals surface area contributed by atoms with Gasteiger partial charge in [-0.15, -0.1) is 6.58 Å². The summed E-state index contributed by atoms with van der Waals surface area (Å²) < 4.78 is 11.4. The van der Waals surface area contributed by atoms with Gasteiger partial charge in [0, 0.05) is 12.1 Å². The highest BCUT2D eigenvalue weighted by atomic mass is 16.6. The fraction of sp³-hybridized carbons (Fsp3) is 0.277. The first-order chi connectivity index (χ1) is 29.8. The van der Waals surface area contributed by atoms with Crippen LogP contribution in [0.1, 0.15) is 59.9 Å². The number of anilines is 1. The Balaban J connectivity index is 1.57. The van der Waals surface area contributed by atoms with Crippen molar-refractivity contribution in [1.29, 1.82) is 0 Å². The molecule has 0 radical (unpaired) electrons. The first-order valence-corrected chi connectivity index (χ1v) is 20.0. The van der Waals surface area contributed by atoms with Crippen LogP contribution in [0.3, 0.4) is 0 Å². The third-order valence-corrected chi connectivity index (χ3v) is 11.6. The summed E-state index contributed by atoms with van der Waals surface area (Å²) in [5.41, 5.74) is 5.49. The van der Waals surface area contributed by atoms with E-state index >= 15 is 14.4 Å². The van der Waals surface area contributed by atoms with Gasteiger partial charge < -0.3 is 36.3 Å². The van der Waals surface area contributed by atoms with Gasteiger partial charge in [0.1, 0.15) is 29.4 Å². The highest BCUT2D eigenvalue weighted by molar-refractivity contribution is 6.25. The second kappa shape index (κ2) is 17.6. The Hall–Kier alpha value is -7.44. The number of primary amides is 1. The zero-order chi connectivity index (χ0) is 44.3. The van der Waals surface area contributed by atoms with Crippen LogP contribution in [0.25, 0.3) is 0 Å². The predicted molar refractivity (Wildman–Crippen MR) is 227 cm³/mol. The molecule has 0 saturated carbocycles. The number of esters is 2. The summed E-state index contributed by atoms with van der Waals surface area (Å²) in [6.45, 7) is 7.02. The number of phenolic OH excluding ortho intramolecular Hbond substituents is 1. The summed E-state index contributed by atoms with van der Waals surface area (Å²) in [5, 5.41) is 18.5. The molecular weight excluding hydrogens is 793 g/mol. The molecule has 0 bridgehead atoms. The maximum absolute atomic E-state index is 16.2. The summed E-state index contributed by atoms with van der Waals surface area (Å²) in [4.78, 5) is 88.3. The van der Waals surface area contributed by atoms with E-state index in [9.17, 15) is 19.5 Å². The van der Waals surface area contributed by atoms with E-state index in [0.717, 1.165) is 4.90 Å². The lowest BCUT2D eigenvalue weighted by molar-refractivity contribution is -0.178. The number of rotatable bonds is 10. The van der Waals surface area contributed by atoms with Crippen molar-refractivity contribution in [3.63, 3.8) is 0 Å². The topological polar surface area (TPSA) is 210 Å². The van der Waals surface area contributed by atoms with Crippen LogP contribution in [0.2, 0.25) is 0 Å². The van der Waals surface area contributed by atoms with Crippen LogP contribution in [0, 0.1) is 23.7 Å². The minimum absolute atomic E-state index is 0.0371. The molecule has 318 valence electrons. The van der Waals surface area contributed by atoms with Crippen molar-refractivity contribution in [2.24, 2.45) is 17.6 Å². The van der Waals surface area contributed by atoms with E-state index in [1.165, 1.54) is 31.4 Å². The molecular formula is C47H46N6O9. The lowest BCUT2D eigenvalue weighted by atomic mass is 9.65. The number of cyclic esters (lactones) is 1. The molecule has 15 nitrogen and oxygen atoms in total. The third-order valence-electron chi connectivity index (χ3n) is 11.6. The molecule has 62 heavy (non-hydrogen) atoms. The number of hydrogen-bond acceptors (Lipinski definition) is 10. The molecule has 2 saturated heterocycles. The number of carbonyl (C=O) groups is 6. The molecule has 4 aromatic rings. The summed E-state index contributed by atoms with van der Waals surface area (Å²) in [7, 11) is 1.19. The quantitative estimate of drug-likeness (QED) is 0.0870. The molecule has 2 fully saturated rings. The number of ether oxygens (including phenoxy) is 2. The number of fused-ring (bicyclic) bond motifs is 3. The van der Waals surface area contributed by atoms with E-state index in [1.807, 2.05) is 65.6 Å². The first kappa shape index (κ1) is 42.7. The molecule has 7 atom stereocenters. The number of aromatic hydroxyl groups is 1. The smallest absolute Gasteiger partial charge is 0.329 e. The molecule has 3 heterocycles. The van der Waals surface area contributed by atoms with Gasteiger partial charge in [-0.05, 0) is 58.5 Å². The van der Waals surface area contributed by atoms with Gasteiger partial charge in [0.15, 0.2) is 0 Å². The van der Waals surface area contributed by atoms with Gasteiger partial charge in [-0.2, -0.15) is 0 Å². The molecule has 0 unspecified atom stereocenters. The summed E-state index contributed by atoms with van der Waals surface area (Å²) in [6, 6.07) is 22.7. The van der Waals surface area contributed by atoms with Crippen molar-refractivity contribution in [2.75, 3.05) is 25.1 Å². The zero-order valence-corrected chi connectivity index (χ0v) is 34.2. The normalized spacial score (nSPS) is 23.0. The number of nitrogens with one attached hydrogen (secondary N) is 3. The number of amides is 6. The van der Waals surface area contributed by atoms with Crippen molar-refractivity contribution in [3.8, 4) is 17.6 Å². The Morgan fingerprint density at radius 3 is 2.19 bits per heavy atom. The Labute approximate surface area is 358 Å². The number of benzene rings is 4. The fourth-order valence-corrected chi connectivity index (χ4v) is 9.02. The van der Waals surface area contributed by atoms with Crippen LogP contribution < -0.4 is 26.6 Å². The second-order valence-electron chi connectivity index (χ2n) is 15.5. The Kier molecular flexibility index (Phi) is 12.1. The minimum Gasteiger partial charge on any atom is -0.508 e. The van der Waals surface area contributed by atoms with Crippen molar-refractivity contribution < 1.29 is 43.3 Å². The van der Waals surface area contributed by atoms with Crippen LogP contribution in [-0.2, 0) is 34.1 Å². The number of urea groups is 2. The highest BCUT2D eigenvalue weighted by Gasteiger charge is 2.75. The molecule has 4 aromatic carbocycles. The fourth-order valence-electron chi connectivity index (χ4n) is 9.02. The number of carbonyl (C=O) groups excluding carboxylic acids is 6. The van der Waals surface area contributed by atoms with Crippen molar-refractivity contribution in [3.05, 3.63) is 144 Å². The molecule has 3 aliphatic rings. The lowest BCUT2D eigenvalue weighted by Crippen LogP contribution is -2.57. The second-order valence-corrected chi connectivity index (χ2v) is 15.5. The molecule has 0 aliphatic carbocycles. The van der Waals surface area contributed by atoms with Crippen molar-refractivity contribution in [1.82, 2.24) is 20.9 Å². The number of nitrogens with two attached hydrogens (primary N) is 1. The van der Waals surface area contributed by atoms with Gasteiger partial charge in [0.25, 0.3) is 0 Å². The van der Waals surface area contributed by atoms with Crippen LogP contribution in [0.4, 0.5) is 15.3 Å². The van der Waals surface area contributed by atoms with Crippen LogP contribution >= 0.6 is 0 Å². The van der Waals surface area contributed by atoms with Gasteiger partial charge in [0.2, 0.25) is 11.8 Å². The molecule has 6 N–H and O–H groups in total. The SMILES string of the molecule is C=CCNC(=O)[C@@H]1[C@H]2C(=O)O[C@H](c3ccccc3)[C@H](c3ccccc3)N2[C@H](c2ccc(O)cc2)[C@@]12C(=O)N(C(=O)N[C@H](C(=O)OC)C(C)C)c1ccc(C#CCNC(N)=O)cc12. The van der Waals surface area contributed by atoms with Gasteiger partial charge in [0.05, 0.1) is 37.3 Å². The van der Waals surface area contributed by atoms with E-state index in [4.69, 9.17) is 15.2 Å². The van der Waals surface area contributed by atoms with Crippen LogP contribution in [-0.4, -0.2) is 78.1 Å². The van der Waals surface area contributed by atoms with E-state index in [1.54, 1.807) is 38.1 Å². The number of imide groups is 1. The minimum atomic E-state index is -2.11. The Morgan fingerprint density at radius 2 is 1.58 bits per heavy atom. The van der Waals surface area contributed by atoms with Gasteiger partial charge in [-0.25, -0.2) is 19.3 Å². The Morgan fingerprint density at radius 1 is 0.919 bits per heavy atom. The van der Waals surface area contributed by atoms with E-state index in [-0.39, 0.29) is 30.1 Å². The standard InChI is InChI=1S/C47H46N6O9/c1-5-24-49-41(55)35-38-43(57)62-39(30-16-10-7-11-17-30)37(29-14-8-6-9-15-29)53(38)40(31-19-21-32(54)22-20-31)47(35)33-26-28(13-12-25-50-45(48)59)18-23-34(33)52(44(47)58)46(60)51-36(27(2)3)42(56)61-4/h5-11,14-23,26-27,35-40,54H,1,24-25H2,2-4H3,(H,49,55)(H,51,60)(H3,48,50,59)/t35-,36-,37-,38-,39+,40+,47-/m0/s1. The van der Waals surface area contributed by atoms with Crippen LogP contribution in [0.15, 0.2) is 116 Å². The largest absolute Gasteiger partial charge is 0.508 e. The van der Waals surface area contributed by atoms with E-state index in [0.29, 0.717) is 22.3 Å². The first-order valence-electron chi connectivity index (χ1n) is 20.0. The lowest BCUT2D eigenvalue weighted by Gasteiger charge is -2.46.